The lowest BCUT2D eigenvalue weighted by Gasteiger charge is -2.09. The number of amides is 1. The Bertz CT molecular complexity index is 1140. The van der Waals surface area contributed by atoms with Gasteiger partial charge < -0.3 is 9.84 Å². The third-order valence-electron chi connectivity index (χ3n) is 4.47. The minimum absolute atomic E-state index is 0.0306. The summed E-state index contributed by atoms with van der Waals surface area (Å²) in [7, 11) is 0. The van der Waals surface area contributed by atoms with E-state index in [-0.39, 0.29) is 17.0 Å². The molecule has 0 fully saturated rings. The van der Waals surface area contributed by atoms with Crippen LogP contribution in [-0.4, -0.2) is 33.6 Å². The Balaban J connectivity index is 1.86. The van der Waals surface area contributed by atoms with Crippen molar-refractivity contribution in [3.8, 4) is 11.5 Å². The number of unbranched alkanes of at least 4 members (excludes halogenated alkanes) is 1. The lowest BCUT2D eigenvalue weighted by Crippen LogP contribution is -2.29. The number of fused-ring (bicyclic) bond motifs is 1. The van der Waals surface area contributed by atoms with E-state index >= 15 is 0 Å². The molecule has 0 saturated carbocycles. The molecule has 2 N–H and O–H groups in total. The third-order valence-corrected chi connectivity index (χ3v) is 4.47. The van der Waals surface area contributed by atoms with Crippen molar-refractivity contribution in [2.24, 2.45) is 5.10 Å². The molecule has 1 heterocycles. The summed E-state index contributed by atoms with van der Waals surface area (Å²) >= 11 is 0. The van der Waals surface area contributed by atoms with E-state index in [0.29, 0.717) is 35.2 Å². The molecule has 0 atom stereocenters. The molecule has 0 aliphatic rings. The zero-order valence-electron chi connectivity index (χ0n) is 17.0. The first-order chi connectivity index (χ1) is 14.5. The quantitative estimate of drug-likeness (QED) is 0.440. The summed E-state index contributed by atoms with van der Waals surface area (Å²) in [6.07, 6.45) is 3.13. The fourth-order valence-electron chi connectivity index (χ4n) is 2.96. The van der Waals surface area contributed by atoms with Crippen LogP contribution in [0.4, 0.5) is 0 Å². The number of hydrogen-bond donors (Lipinski definition) is 2. The zero-order chi connectivity index (χ0) is 21.5. The molecular formula is C22H24N4O4. The van der Waals surface area contributed by atoms with Gasteiger partial charge in [0.2, 0.25) is 0 Å². The van der Waals surface area contributed by atoms with Crippen molar-refractivity contribution in [2.45, 2.75) is 33.2 Å². The summed E-state index contributed by atoms with van der Waals surface area (Å²) in [6.45, 7) is 4.70. The summed E-state index contributed by atoms with van der Waals surface area (Å²) in [5.74, 6) is -0.150. The van der Waals surface area contributed by atoms with E-state index < -0.39 is 5.91 Å². The Morgan fingerprint density at radius 2 is 2.00 bits per heavy atom. The van der Waals surface area contributed by atoms with Gasteiger partial charge in [-0.25, -0.2) is 10.1 Å². The highest BCUT2D eigenvalue weighted by Gasteiger charge is 2.16. The van der Waals surface area contributed by atoms with E-state index in [9.17, 15) is 14.7 Å². The molecule has 0 spiro atoms. The van der Waals surface area contributed by atoms with Gasteiger partial charge in [-0.3, -0.25) is 9.59 Å². The van der Waals surface area contributed by atoms with Gasteiger partial charge in [0.15, 0.2) is 17.2 Å². The van der Waals surface area contributed by atoms with Crippen molar-refractivity contribution in [1.82, 2.24) is 15.2 Å². The summed E-state index contributed by atoms with van der Waals surface area (Å²) < 4.78 is 6.67. The maximum atomic E-state index is 12.7. The molecule has 8 nitrogen and oxygen atoms in total. The third kappa shape index (κ3) is 4.65. The molecule has 0 aliphatic carbocycles. The first kappa shape index (κ1) is 21.0. The van der Waals surface area contributed by atoms with E-state index in [1.54, 1.807) is 36.4 Å². The molecule has 0 saturated heterocycles. The molecule has 0 bridgehead atoms. The van der Waals surface area contributed by atoms with Gasteiger partial charge in [-0.2, -0.15) is 10.2 Å². The van der Waals surface area contributed by atoms with E-state index in [4.69, 9.17) is 4.74 Å². The number of phenolic OH excluding ortho intramolecular Hbond substituents is 1. The lowest BCUT2D eigenvalue weighted by atomic mass is 10.1. The number of benzene rings is 2. The van der Waals surface area contributed by atoms with Gasteiger partial charge in [-0.05, 0) is 43.2 Å². The number of aromatic hydroxyl groups is 1. The molecule has 3 rings (SSSR count). The van der Waals surface area contributed by atoms with E-state index in [0.717, 1.165) is 12.8 Å². The van der Waals surface area contributed by atoms with Gasteiger partial charge in [-0.15, -0.1) is 0 Å². The van der Waals surface area contributed by atoms with Crippen LogP contribution in [0.1, 0.15) is 42.7 Å². The van der Waals surface area contributed by atoms with Gasteiger partial charge in [-0.1, -0.05) is 31.5 Å². The Morgan fingerprint density at radius 3 is 2.73 bits per heavy atom. The first-order valence-corrected chi connectivity index (χ1v) is 9.84. The SMILES string of the molecule is CCCCn1nc(C(=O)N/N=C/c2ccc(O)c(OCC)c2)c2ccccc2c1=O. The van der Waals surface area contributed by atoms with E-state index in [1.165, 1.54) is 17.0 Å². The Labute approximate surface area is 173 Å². The fraction of sp³-hybridized carbons (Fsp3) is 0.273. The number of hydrogen-bond acceptors (Lipinski definition) is 6. The summed E-state index contributed by atoms with van der Waals surface area (Å²) in [4.78, 5) is 25.4. The molecular weight excluding hydrogens is 384 g/mol. The predicted molar refractivity (Wildman–Crippen MR) is 115 cm³/mol. The minimum atomic E-state index is -0.517. The minimum Gasteiger partial charge on any atom is -0.504 e. The highest BCUT2D eigenvalue weighted by molar-refractivity contribution is 6.04. The smallest absolute Gasteiger partial charge is 0.292 e. The highest BCUT2D eigenvalue weighted by Crippen LogP contribution is 2.26. The van der Waals surface area contributed by atoms with Crippen LogP contribution in [0.5, 0.6) is 11.5 Å². The molecule has 0 aliphatic heterocycles. The van der Waals surface area contributed by atoms with Crippen LogP contribution in [0.15, 0.2) is 52.4 Å². The summed E-state index contributed by atoms with van der Waals surface area (Å²) in [5.41, 5.74) is 3.02. The van der Waals surface area contributed by atoms with Crippen LogP contribution in [0.3, 0.4) is 0 Å². The number of hydrazone groups is 1. The molecule has 1 aromatic heterocycles. The van der Waals surface area contributed by atoms with Crippen molar-refractivity contribution in [1.29, 1.82) is 0 Å². The lowest BCUT2D eigenvalue weighted by molar-refractivity contribution is 0.0949. The van der Waals surface area contributed by atoms with E-state index in [2.05, 4.69) is 15.6 Å². The maximum absolute atomic E-state index is 12.7. The second-order valence-electron chi connectivity index (χ2n) is 6.64. The molecule has 3 aromatic rings. The Morgan fingerprint density at radius 1 is 1.23 bits per heavy atom. The predicted octanol–water partition coefficient (Wildman–Crippen LogP) is 3.06. The molecule has 30 heavy (non-hydrogen) atoms. The van der Waals surface area contributed by atoms with Gasteiger partial charge in [0.05, 0.1) is 18.2 Å². The van der Waals surface area contributed by atoms with Crippen molar-refractivity contribution in [3.05, 3.63) is 64.1 Å². The number of carbonyl (C=O) groups excluding carboxylic acids is 1. The number of aromatic nitrogens is 2. The second kappa shape index (κ2) is 9.69. The summed E-state index contributed by atoms with van der Waals surface area (Å²) in [6, 6.07) is 11.7. The molecule has 0 radical (unpaired) electrons. The highest BCUT2D eigenvalue weighted by atomic mass is 16.5. The number of aryl methyl sites for hydroxylation is 1. The fourth-order valence-corrected chi connectivity index (χ4v) is 2.96. The maximum Gasteiger partial charge on any atom is 0.292 e. The van der Waals surface area contributed by atoms with Crippen LogP contribution >= 0.6 is 0 Å². The topological polar surface area (TPSA) is 106 Å². The molecule has 0 unspecified atom stereocenters. The van der Waals surface area contributed by atoms with Crippen LogP contribution in [0, 0.1) is 0 Å². The molecule has 1 amide bonds. The zero-order valence-corrected chi connectivity index (χ0v) is 17.0. The number of ether oxygens (including phenoxy) is 1. The normalized spacial score (nSPS) is 11.1. The van der Waals surface area contributed by atoms with Crippen LogP contribution in [-0.2, 0) is 6.54 Å². The summed E-state index contributed by atoms with van der Waals surface area (Å²) in [5, 5.41) is 18.9. The number of phenols is 1. The monoisotopic (exact) mass is 408 g/mol. The van der Waals surface area contributed by atoms with Gasteiger partial charge in [0, 0.05) is 11.9 Å². The van der Waals surface area contributed by atoms with Crippen LogP contribution < -0.4 is 15.7 Å². The van der Waals surface area contributed by atoms with Gasteiger partial charge in [0.1, 0.15) is 0 Å². The van der Waals surface area contributed by atoms with Gasteiger partial charge >= 0.3 is 0 Å². The Kier molecular flexibility index (Phi) is 6.79. The van der Waals surface area contributed by atoms with Crippen molar-refractivity contribution >= 4 is 22.9 Å². The van der Waals surface area contributed by atoms with Gasteiger partial charge in [0.25, 0.3) is 11.5 Å². The number of rotatable bonds is 8. The second-order valence-corrected chi connectivity index (χ2v) is 6.64. The van der Waals surface area contributed by atoms with Crippen LogP contribution in [0.2, 0.25) is 0 Å². The van der Waals surface area contributed by atoms with Crippen molar-refractivity contribution < 1.29 is 14.6 Å². The standard InChI is InChI=1S/C22H24N4O4/c1-3-5-12-26-22(29)17-9-7-6-8-16(17)20(25-26)21(28)24-23-14-15-10-11-18(27)19(13-15)30-4-2/h6-11,13-14,27H,3-5,12H2,1-2H3,(H,24,28)/b23-14+. The number of nitrogens with one attached hydrogen (secondary N) is 1. The Hall–Kier alpha value is -3.68. The first-order valence-electron chi connectivity index (χ1n) is 9.84. The molecule has 8 heteroatoms. The molecule has 156 valence electrons. The average molecular weight is 408 g/mol. The van der Waals surface area contributed by atoms with E-state index in [1.807, 2.05) is 13.8 Å². The number of nitrogens with zero attached hydrogens (tertiary/aromatic N) is 3. The van der Waals surface area contributed by atoms with Crippen molar-refractivity contribution in [3.63, 3.8) is 0 Å². The number of carbonyl (C=O) groups is 1. The van der Waals surface area contributed by atoms with Crippen LogP contribution in [0.25, 0.3) is 10.8 Å². The molecule has 2 aromatic carbocycles. The van der Waals surface area contributed by atoms with Crippen molar-refractivity contribution in [2.75, 3.05) is 6.61 Å². The largest absolute Gasteiger partial charge is 0.504 e. The average Bonchev–Trinajstić information content (AvgIpc) is 2.75.